The first-order valence-corrected chi connectivity index (χ1v) is 21.5. The lowest BCUT2D eigenvalue weighted by Crippen LogP contribution is -2.11. The lowest BCUT2D eigenvalue weighted by Gasteiger charge is -2.28. The molecular weight excluding hydrogens is 765 g/mol. The van der Waals surface area contributed by atoms with Gasteiger partial charge in [-0.3, -0.25) is 0 Å². The molecule has 63 heavy (non-hydrogen) atoms. The summed E-state index contributed by atoms with van der Waals surface area (Å²) in [5.74, 6) is 0. The van der Waals surface area contributed by atoms with E-state index in [0.29, 0.717) is 0 Å². The van der Waals surface area contributed by atoms with Crippen molar-refractivity contribution in [2.24, 2.45) is 0 Å². The molecule has 10 aromatic carbocycles. The van der Waals surface area contributed by atoms with Crippen LogP contribution in [-0.2, 0) is 0 Å². The Kier molecular flexibility index (Phi) is 8.83. The van der Waals surface area contributed by atoms with Crippen LogP contribution in [0.2, 0.25) is 0 Å². The zero-order chi connectivity index (χ0) is 41.7. The molecule has 0 unspecified atom stereocenters. The van der Waals surface area contributed by atoms with E-state index in [0.717, 1.165) is 66.9 Å². The van der Waals surface area contributed by atoms with Crippen LogP contribution in [0.3, 0.4) is 0 Å². The maximum Gasteiger partial charge on any atom is 0.143 e. The third-order valence-electron chi connectivity index (χ3n) is 12.4. The fraction of sp³-hybridized carbons (Fsp3) is 0. The Balaban J connectivity index is 1.08. The number of nitrogens with zero attached hydrogens (tertiary/aromatic N) is 2. The highest BCUT2D eigenvalue weighted by atomic mass is 16.3. The zero-order valence-electron chi connectivity index (χ0n) is 34.4. The SMILES string of the molecule is c1ccc(-c2ccc(N(c3ccc(-c4cccc5c4oc4ccccc45)cc3)c3ccc(-n4c5ccccc5c5ccccc54)c(-c4ccccc4)c3)cc2-c2ccccc2)cc1. The van der Waals surface area contributed by atoms with Gasteiger partial charge in [0.1, 0.15) is 11.2 Å². The smallest absolute Gasteiger partial charge is 0.143 e. The van der Waals surface area contributed by atoms with E-state index in [1.807, 2.05) is 12.1 Å². The summed E-state index contributed by atoms with van der Waals surface area (Å²) in [6.07, 6.45) is 0. The third-order valence-corrected chi connectivity index (χ3v) is 12.4. The largest absolute Gasteiger partial charge is 0.455 e. The minimum Gasteiger partial charge on any atom is -0.455 e. The zero-order valence-corrected chi connectivity index (χ0v) is 34.4. The van der Waals surface area contributed by atoms with Crippen LogP contribution in [0.4, 0.5) is 17.1 Å². The van der Waals surface area contributed by atoms with E-state index in [4.69, 9.17) is 4.42 Å². The van der Waals surface area contributed by atoms with E-state index in [2.05, 4.69) is 240 Å². The summed E-state index contributed by atoms with van der Waals surface area (Å²) in [7, 11) is 0. The van der Waals surface area contributed by atoms with Crippen molar-refractivity contribution in [3.8, 4) is 50.2 Å². The first kappa shape index (κ1) is 36.5. The van der Waals surface area contributed by atoms with Gasteiger partial charge in [-0.15, -0.1) is 0 Å². The van der Waals surface area contributed by atoms with Crippen LogP contribution in [0.15, 0.2) is 247 Å². The van der Waals surface area contributed by atoms with Crippen LogP contribution in [0.5, 0.6) is 0 Å². The lowest BCUT2D eigenvalue weighted by atomic mass is 9.93. The van der Waals surface area contributed by atoms with Crippen molar-refractivity contribution in [2.45, 2.75) is 0 Å². The molecule has 2 aromatic heterocycles. The van der Waals surface area contributed by atoms with Gasteiger partial charge in [-0.2, -0.15) is 0 Å². The molecule has 3 heteroatoms. The maximum atomic E-state index is 6.50. The van der Waals surface area contributed by atoms with Gasteiger partial charge < -0.3 is 13.9 Å². The standard InChI is InChI=1S/C60H40N2O/c1-4-17-41(18-5-1)48-37-35-46(39-54(48)42-19-6-2-7-20-42)61(45-33-31-44(32-34-45)49-26-16-27-53-52-25-12-15-30-59(52)63-60(49)53)47-36-38-58(55(40-47)43-21-8-3-9-22-43)62-56-28-13-10-23-50(56)51-24-11-14-29-57(51)62/h1-40H. The predicted molar refractivity (Wildman–Crippen MR) is 264 cm³/mol. The summed E-state index contributed by atoms with van der Waals surface area (Å²) in [5, 5.41) is 4.73. The number of anilines is 3. The Morgan fingerprint density at radius 1 is 0.302 bits per heavy atom. The highest BCUT2D eigenvalue weighted by Crippen LogP contribution is 2.45. The molecule has 0 fully saturated rings. The number of furan rings is 1. The molecule has 0 saturated carbocycles. The summed E-state index contributed by atoms with van der Waals surface area (Å²) < 4.78 is 8.92. The van der Waals surface area contributed by atoms with Crippen LogP contribution in [-0.4, -0.2) is 4.57 Å². The minimum atomic E-state index is 0.898. The topological polar surface area (TPSA) is 21.3 Å². The fourth-order valence-corrected chi connectivity index (χ4v) is 9.50. The number of hydrogen-bond acceptors (Lipinski definition) is 2. The van der Waals surface area contributed by atoms with Gasteiger partial charge in [0.15, 0.2) is 0 Å². The second kappa shape index (κ2) is 15.3. The van der Waals surface area contributed by atoms with Gasteiger partial charge in [0.05, 0.1) is 16.7 Å². The monoisotopic (exact) mass is 804 g/mol. The first-order valence-electron chi connectivity index (χ1n) is 21.5. The van der Waals surface area contributed by atoms with E-state index >= 15 is 0 Å². The fourth-order valence-electron chi connectivity index (χ4n) is 9.50. The second-order valence-corrected chi connectivity index (χ2v) is 16.1. The molecule has 12 aromatic rings. The Labute approximate surface area is 366 Å². The molecule has 12 rings (SSSR count). The molecule has 0 aliphatic heterocycles. The van der Waals surface area contributed by atoms with Crippen LogP contribution in [0.25, 0.3) is 93.9 Å². The van der Waals surface area contributed by atoms with Gasteiger partial charge in [-0.05, 0) is 94.0 Å². The van der Waals surface area contributed by atoms with Gasteiger partial charge in [0.25, 0.3) is 0 Å². The summed E-state index contributed by atoms with van der Waals surface area (Å²) in [6, 6.07) is 87.2. The van der Waals surface area contributed by atoms with E-state index in [-0.39, 0.29) is 0 Å². The number of fused-ring (bicyclic) bond motifs is 6. The van der Waals surface area contributed by atoms with Crippen molar-refractivity contribution < 1.29 is 4.42 Å². The molecular formula is C60H40N2O. The molecule has 3 nitrogen and oxygen atoms in total. The number of rotatable bonds is 8. The third kappa shape index (κ3) is 6.29. The number of hydrogen-bond donors (Lipinski definition) is 0. The molecule has 0 atom stereocenters. The van der Waals surface area contributed by atoms with Crippen molar-refractivity contribution in [1.29, 1.82) is 0 Å². The highest BCUT2D eigenvalue weighted by molar-refractivity contribution is 6.11. The van der Waals surface area contributed by atoms with Crippen molar-refractivity contribution in [3.63, 3.8) is 0 Å². The average Bonchev–Trinajstić information content (AvgIpc) is 3.91. The lowest BCUT2D eigenvalue weighted by molar-refractivity contribution is 0.670. The van der Waals surface area contributed by atoms with Crippen LogP contribution in [0.1, 0.15) is 0 Å². The molecule has 0 saturated heterocycles. The second-order valence-electron chi connectivity index (χ2n) is 16.1. The Bertz CT molecular complexity index is 3550. The van der Waals surface area contributed by atoms with Crippen molar-refractivity contribution in [3.05, 3.63) is 243 Å². The average molecular weight is 805 g/mol. The Morgan fingerprint density at radius 2 is 0.778 bits per heavy atom. The van der Waals surface area contributed by atoms with Gasteiger partial charge in [0, 0.05) is 49.7 Å². The highest BCUT2D eigenvalue weighted by Gasteiger charge is 2.21. The summed E-state index contributed by atoms with van der Waals surface area (Å²) in [6.45, 7) is 0. The Morgan fingerprint density at radius 3 is 1.43 bits per heavy atom. The van der Waals surface area contributed by atoms with Gasteiger partial charge >= 0.3 is 0 Å². The van der Waals surface area contributed by atoms with Crippen LogP contribution < -0.4 is 4.90 Å². The molecule has 0 bridgehead atoms. The molecule has 0 spiro atoms. The van der Waals surface area contributed by atoms with Crippen molar-refractivity contribution >= 4 is 60.8 Å². The maximum absolute atomic E-state index is 6.50. The molecule has 0 aliphatic carbocycles. The number of aromatic nitrogens is 1. The minimum absolute atomic E-state index is 0.898. The summed E-state index contributed by atoms with van der Waals surface area (Å²) in [5.41, 5.74) is 17.6. The van der Waals surface area contributed by atoms with E-state index in [9.17, 15) is 0 Å². The van der Waals surface area contributed by atoms with Gasteiger partial charge in [-0.1, -0.05) is 182 Å². The van der Waals surface area contributed by atoms with Crippen LogP contribution in [0, 0.1) is 0 Å². The number of para-hydroxylation sites is 4. The summed E-state index contributed by atoms with van der Waals surface area (Å²) in [4.78, 5) is 2.40. The van der Waals surface area contributed by atoms with E-state index in [1.54, 1.807) is 0 Å². The number of benzene rings is 10. The molecule has 0 N–H and O–H groups in total. The molecule has 296 valence electrons. The van der Waals surface area contributed by atoms with Crippen molar-refractivity contribution in [1.82, 2.24) is 4.57 Å². The van der Waals surface area contributed by atoms with E-state index in [1.165, 1.54) is 44.1 Å². The molecule has 0 aliphatic rings. The molecule has 2 heterocycles. The molecule has 0 radical (unpaired) electrons. The first-order chi connectivity index (χ1) is 31.3. The predicted octanol–water partition coefficient (Wildman–Crippen LogP) is 16.8. The van der Waals surface area contributed by atoms with Gasteiger partial charge in [-0.25, -0.2) is 0 Å². The normalized spacial score (nSPS) is 11.5. The Hall–Kier alpha value is -8.40. The molecule has 0 amide bonds. The van der Waals surface area contributed by atoms with Crippen LogP contribution >= 0.6 is 0 Å². The van der Waals surface area contributed by atoms with Gasteiger partial charge in [0.2, 0.25) is 0 Å². The van der Waals surface area contributed by atoms with E-state index < -0.39 is 0 Å². The summed E-state index contributed by atoms with van der Waals surface area (Å²) >= 11 is 0. The quantitative estimate of drug-likeness (QED) is 0.153. The van der Waals surface area contributed by atoms with Crippen molar-refractivity contribution in [2.75, 3.05) is 4.90 Å².